The number of rotatable bonds is 10. The summed E-state index contributed by atoms with van der Waals surface area (Å²) >= 11 is 14.8. The fourth-order valence-corrected chi connectivity index (χ4v) is 6.30. The number of anilines is 4. The van der Waals surface area contributed by atoms with Crippen LogP contribution in [0.25, 0.3) is 20.9 Å². The summed E-state index contributed by atoms with van der Waals surface area (Å²) in [5, 5.41) is 7.79. The quantitative estimate of drug-likeness (QED) is 0.147. The minimum Gasteiger partial charge on any atom is -0.462 e. The minimum atomic E-state index is -0.424. The summed E-state index contributed by atoms with van der Waals surface area (Å²) in [5.74, 6) is 0.145. The fourth-order valence-electron chi connectivity index (χ4n) is 4.03. The van der Waals surface area contributed by atoms with Crippen molar-refractivity contribution in [3.8, 4) is 20.9 Å². The topological polar surface area (TPSA) is 89.6 Å². The number of thiophene rings is 2. The molecule has 3 heterocycles. The van der Waals surface area contributed by atoms with E-state index in [0.717, 1.165) is 20.9 Å². The number of esters is 2. The first kappa shape index (κ1) is 29.6. The standard InChI is InChI=1S/C31H25Cl2N3O4S2/c1-3-39-30(37)28-22(16-24(41-28)18-8-12-20(32)13-9-18)34-26-6-5-7-27(36-26)35-23-17-25(19-10-14-21(33)15-11-19)42-29(23)31(38)40-4-2/h5-17H,3-4H2,1-2H3,(H2,34,35,36). The average molecular weight is 639 g/mol. The highest BCUT2D eigenvalue weighted by Gasteiger charge is 2.21. The number of pyridine rings is 1. The summed E-state index contributed by atoms with van der Waals surface area (Å²) < 4.78 is 10.6. The lowest BCUT2D eigenvalue weighted by Crippen LogP contribution is -2.06. The fraction of sp³-hybridized carbons (Fsp3) is 0.129. The number of halogens is 2. The van der Waals surface area contributed by atoms with E-state index in [1.807, 2.05) is 42.5 Å². The normalized spacial score (nSPS) is 10.8. The molecule has 0 saturated carbocycles. The van der Waals surface area contributed by atoms with Crippen molar-refractivity contribution in [1.29, 1.82) is 0 Å². The molecular weight excluding hydrogens is 613 g/mol. The van der Waals surface area contributed by atoms with Crippen LogP contribution in [0.1, 0.15) is 33.2 Å². The molecule has 0 unspecified atom stereocenters. The van der Waals surface area contributed by atoms with Gasteiger partial charge in [0.25, 0.3) is 0 Å². The Kier molecular flexibility index (Phi) is 9.44. The molecule has 2 N–H and O–H groups in total. The van der Waals surface area contributed by atoms with E-state index in [1.165, 1.54) is 22.7 Å². The molecule has 2 aromatic carbocycles. The highest BCUT2D eigenvalue weighted by Crippen LogP contribution is 2.39. The van der Waals surface area contributed by atoms with Crippen LogP contribution in [0.4, 0.5) is 23.0 Å². The molecule has 0 radical (unpaired) electrons. The predicted molar refractivity (Wildman–Crippen MR) is 172 cm³/mol. The third-order valence-electron chi connectivity index (χ3n) is 5.92. The minimum absolute atomic E-state index is 0.256. The molecule has 0 fully saturated rings. The SMILES string of the molecule is CCOC(=O)c1sc(-c2ccc(Cl)cc2)cc1Nc1cccc(Nc2cc(-c3ccc(Cl)cc3)sc2C(=O)OCC)n1. The van der Waals surface area contributed by atoms with Crippen molar-refractivity contribution >= 4 is 80.8 Å². The van der Waals surface area contributed by atoms with Crippen molar-refractivity contribution in [2.45, 2.75) is 13.8 Å². The third-order valence-corrected chi connectivity index (χ3v) is 8.75. The molecule has 0 aliphatic rings. The molecule has 0 atom stereocenters. The Morgan fingerprint density at radius 3 is 1.48 bits per heavy atom. The molecule has 0 bridgehead atoms. The number of nitrogens with one attached hydrogen (secondary N) is 2. The first-order valence-corrected chi connectivity index (χ1v) is 15.4. The van der Waals surface area contributed by atoms with Crippen LogP contribution in [0, 0.1) is 0 Å². The Hall–Kier alpha value is -3.89. The Bertz CT molecular complexity index is 1590. The van der Waals surface area contributed by atoms with E-state index in [4.69, 9.17) is 37.7 Å². The average Bonchev–Trinajstić information content (AvgIpc) is 3.59. The lowest BCUT2D eigenvalue weighted by Gasteiger charge is -2.10. The summed E-state index contributed by atoms with van der Waals surface area (Å²) in [6.07, 6.45) is 0. The van der Waals surface area contributed by atoms with Gasteiger partial charge in [0.2, 0.25) is 0 Å². The van der Waals surface area contributed by atoms with Gasteiger partial charge in [-0.3, -0.25) is 0 Å². The van der Waals surface area contributed by atoms with E-state index in [9.17, 15) is 9.59 Å². The maximum Gasteiger partial charge on any atom is 0.350 e. The zero-order valence-electron chi connectivity index (χ0n) is 22.6. The molecule has 7 nitrogen and oxygen atoms in total. The molecule has 42 heavy (non-hydrogen) atoms. The third kappa shape index (κ3) is 6.94. The van der Waals surface area contributed by atoms with Crippen molar-refractivity contribution in [1.82, 2.24) is 4.98 Å². The van der Waals surface area contributed by atoms with E-state index in [1.54, 1.807) is 50.2 Å². The van der Waals surface area contributed by atoms with Gasteiger partial charge in [0.1, 0.15) is 21.4 Å². The molecule has 5 aromatic rings. The monoisotopic (exact) mass is 637 g/mol. The molecule has 3 aromatic heterocycles. The van der Waals surface area contributed by atoms with Gasteiger partial charge in [-0.05, 0) is 73.5 Å². The van der Waals surface area contributed by atoms with Crippen molar-refractivity contribution in [3.63, 3.8) is 0 Å². The van der Waals surface area contributed by atoms with Gasteiger partial charge in [-0.2, -0.15) is 0 Å². The van der Waals surface area contributed by atoms with Gasteiger partial charge in [0.05, 0.1) is 24.6 Å². The summed E-state index contributed by atoms with van der Waals surface area (Å²) in [6, 6.07) is 24.0. The van der Waals surface area contributed by atoms with Crippen LogP contribution < -0.4 is 10.6 Å². The van der Waals surface area contributed by atoms with Crippen molar-refractivity contribution in [2.24, 2.45) is 0 Å². The number of hydrogen-bond acceptors (Lipinski definition) is 9. The van der Waals surface area contributed by atoms with Gasteiger partial charge in [0.15, 0.2) is 0 Å². The van der Waals surface area contributed by atoms with Gasteiger partial charge in [-0.1, -0.05) is 53.5 Å². The molecule has 0 aliphatic heterocycles. The van der Waals surface area contributed by atoms with Crippen LogP contribution >= 0.6 is 45.9 Å². The van der Waals surface area contributed by atoms with Crippen molar-refractivity contribution in [2.75, 3.05) is 23.8 Å². The zero-order valence-corrected chi connectivity index (χ0v) is 25.7. The van der Waals surface area contributed by atoms with Crippen molar-refractivity contribution in [3.05, 3.63) is 98.7 Å². The lowest BCUT2D eigenvalue weighted by atomic mass is 10.2. The first-order chi connectivity index (χ1) is 20.3. The van der Waals surface area contributed by atoms with Crippen LogP contribution in [0.15, 0.2) is 78.9 Å². The van der Waals surface area contributed by atoms with Gasteiger partial charge >= 0.3 is 11.9 Å². The number of carbonyl (C=O) groups excluding carboxylic acids is 2. The van der Waals surface area contributed by atoms with E-state index >= 15 is 0 Å². The van der Waals surface area contributed by atoms with Gasteiger partial charge in [-0.25, -0.2) is 14.6 Å². The molecule has 0 spiro atoms. The van der Waals surface area contributed by atoms with Crippen LogP contribution in [0.3, 0.4) is 0 Å². The van der Waals surface area contributed by atoms with Gasteiger partial charge in [-0.15, -0.1) is 22.7 Å². The molecule has 5 rings (SSSR count). The Morgan fingerprint density at radius 1 is 0.690 bits per heavy atom. The number of carbonyl (C=O) groups is 2. The van der Waals surface area contributed by atoms with Crippen LogP contribution in [0.2, 0.25) is 10.0 Å². The molecule has 214 valence electrons. The zero-order chi connectivity index (χ0) is 29.6. The summed E-state index contributed by atoms with van der Waals surface area (Å²) in [7, 11) is 0. The number of ether oxygens (including phenoxy) is 2. The van der Waals surface area contributed by atoms with E-state index in [2.05, 4.69) is 10.6 Å². The maximum atomic E-state index is 12.8. The summed E-state index contributed by atoms with van der Waals surface area (Å²) in [6.45, 7) is 4.04. The molecular formula is C31H25Cl2N3O4S2. The highest BCUT2D eigenvalue weighted by atomic mass is 35.5. The molecule has 0 amide bonds. The lowest BCUT2D eigenvalue weighted by molar-refractivity contribution is 0.0523. The molecule has 0 aliphatic carbocycles. The summed E-state index contributed by atoms with van der Waals surface area (Å²) in [5.41, 5.74) is 2.99. The van der Waals surface area contributed by atoms with Crippen LogP contribution in [-0.2, 0) is 9.47 Å². The molecule has 0 saturated heterocycles. The first-order valence-electron chi connectivity index (χ1n) is 13.0. The molecule has 11 heteroatoms. The Balaban J connectivity index is 1.44. The Labute approximate surface area is 261 Å². The van der Waals surface area contributed by atoms with E-state index in [-0.39, 0.29) is 13.2 Å². The second-order valence-corrected chi connectivity index (χ2v) is 11.8. The van der Waals surface area contributed by atoms with E-state index < -0.39 is 11.9 Å². The number of hydrogen-bond donors (Lipinski definition) is 2. The highest BCUT2D eigenvalue weighted by molar-refractivity contribution is 7.18. The number of aromatic nitrogens is 1. The largest absolute Gasteiger partial charge is 0.462 e. The summed E-state index contributed by atoms with van der Waals surface area (Å²) in [4.78, 5) is 32.9. The predicted octanol–water partition coefficient (Wildman–Crippen LogP) is 9.69. The van der Waals surface area contributed by atoms with Crippen LogP contribution in [0.5, 0.6) is 0 Å². The van der Waals surface area contributed by atoms with Gasteiger partial charge in [0, 0.05) is 19.8 Å². The van der Waals surface area contributed by atoms with Crippen molar-refractivity contribution < 1.29 is 19.1 Å². The van der Waals surface area contributed by atoms with Gasteiger partial charge < -0.3 is 20.1 Å². The second-order valence-electron chi connectivity index (χ2n) is 8.82. The number of nitrogens with zero attached hydrogens (tertiary/aromatic N) is 1. The second kappa shape index (κ2) is 13.4. The number of benzene rings is 2. The van der Waals surface area contributed by atoms with Crippen LogP contribution in [-0.4, -0.2) is 30.1 Å². The smallest absolute Gasteiger partial charge is 0.350 e. The maximum absolute atomic E-state index is 12.8. The van der Waals surface area contributed by atoms with E-state index in [0.29, 0.717) is 42.8 Å². The Morgan fingerprint density at radius 2 is 1.10 bits per heavy atom.